The maximum atomic E-state index is 11.9. The Morgan fingerprint density at radius 2 is 2.15 bits per heavy atom. The second-order valence-corrected chi connectivity index (χ2v) is 4.97. The van der Waals surface area contributed by atoms with Gasteiger partial charge in [-0.15, -0.1) is 0 Å². The molecule has 0 aliphatic heterocycles. The molecule has 0 bridgehead atoms. The van der Waals surface area contributed by atoms with E-state index in [-0.39, 0.29) is 6.61 Å². The quantitative estimate of drug-likeness (QED) is 0.710. The standard InChI is InChI=1S/C13H19F3N2O2/c14-13(15,16)9-19-7-5-11-8-18-12(20-11)2-1-6-17-10-3-4-10/h8,10,17H,1-7,9H2. The fourth-order valence-corrected chi connectivity index (χ4v) is 1.77. The van der Waals surface area contributed by atoms with Gasteiger partial charge in [-0.3, -0.25) is 0 Å². The van der Waals surface area contributed by atoms with Crippen molar-refractivity contribution in [1.29, 1.82) is 0 Å². The van der Waals surface area contributed by atoms with Crippen LogP contribution in [0.4, 0.5) is 13.2 Å². The van der Waals surface area contributed by atoms with Gasteiger partial charge in [0.2, 0.25) is 0 Å². The molecule has 20 heavy (non-hydrogen) atoms. The van der Waals surface area contributed by atoms with E-state index in [4.69, 9.17) is 4.42 Å². The Bertz CT molecular complexity index is 403. The van der Waals surface area contributed by atoms with Crippen LogP contribution in [0.25, 0.3) is 0 Å². The first kappa shape index (κ1) is 15.3. The van der Waals surface area contributed by atoms with Crippen LogP contribution in [-0.4, -0.2) is 37.0 Å². The summed E-state index contributed by atoms with van der Waals surface area (Å²) in [6.45, 7) is -0.296. The maximum Gasteiger partial charge on any atom is 0.411 e. The molecule has 1 fully saturated rings. The second kappa shape index (κ2) is 7.08. The number of nitrogens with one attached hydrogen (secondary N) is 1. The predicted octanol–water partition coefficient (Wildman–Crippen LogP) is 2.48. The Kier molecular flexibility index (Phi) is 5.42. The van der Waals surface area contributed by atoms with Crippen LogP contribution in [0.15, 0.2) is 10.6 Å². The lowest BCUT2D eigenvalue weighted by Gasteiger charge is -2.06. The van der Waals surface area contributed by atoms with E-state index in [0.29, 0.717) is 24.1 Å². The molecule has 0 amide bonds. The van der Waals surface area contributed by atoms with Crippen molar-refractivity contribution in [2.24, 2.45) is 0 Å². The van der Waals surface area contributed by atoms with E-state index in [2.05, 4.69) is 15.0 Å². The first-order valence-corrected chi connectivity index (χ1v) is 6.84. The van der Waals surface area contributed by atoms with Crippen molar-refractivity contribution in [3.63, 3.8) is 0 Å². The van der Waals surface area contributed by atoms with Gasteiger partial charge in [-0.05, 0) is 25.8 Å². The zero-order valence-electron chi connectivity index (χ0n) is 11.2. The molecule has 1 aliphatic carbocycles. The highest BCUT2D eigenvalue weighted by Gasteiger charge is 2.27. The smallest absolute Gasteiger partial charge is 0.411 e. The number of hydrogen-bond acceptors (Lipinski definition) is 4. The largest absolute Gasteiger partial charge is 0.446 e. The number of oxazole rings is 1. The normalized spacial score (nSPS) is 15.8. The first-order chi connectivity index (χ1) is 9.53. The number of rotatable bonds is 9. The monoisotopic (exact) mass is 292 g/mol. The van der Waals surface area contributed by atoms with Gasteiger partial charge in [0.15, 0.2) is 5.89 Å². The average Bonchev–Trinajstić information content (AvgIpc) is 3.08. The summed E-state index contributed by atoms with van der Waals surface area (Å²) in [6, 6.07) is 0.695. The number of aromatic nitrogens is 1. The molecule has 1 heterocycles. The summed E-state index contributed by atoms with van der Waals surface area (Å²) in [7, 11) is 0. The van der Waals surface area contributed by atoms with Crippen molar-refractivity contribution < 1.29 is 22.3 Å². The van der Waals surface area contributed by atoms with Crippen LogP contribution in [0.5, 0.6) is 0 Å². The third kappa shape index (κ3) is 6.38. The minimum atomic E-state index is -4.28. The van der Waals surface area contributed by atoms with Crippen molar-refractivity contribution in [2.45, 2.75) is 44.3 Å². The molecule has 4 nitrogen and oxygen atoms in total. The summed E-state index contributed by atoms with van der Waals surface area (Å²) in [5.41, 5.74) is 0. The molecule has 0 atom stereocenters. The van der Waals surface area contributed by atoms with Crippen LogP contribution in [0.3, 0.4) is 0 Å². The van der Waals surface area contributed by atoms with Crippen LogP contribution in [-0.2, 0) is 17.6 Å². The molecule has 1 aromatic rings. The van der Waals surface area contributed by atoms with Gasteiger partial charge in [-0.25, -0.2) is 4.98 Å². The van der Waals surface area contributed by atoms with E-state index in [1.54, 1.807) is 6.20 Å². The summed E-state index contributed by atoms with van der Waals surface area (Å²) < 4.78 is 45.5. The molecule has 0 spiro atoms. The van der Waals surface area contributed by atoms with Crippen molar-refractivity contribution in [3.8, 4) is 0 Å². The lowest BCUT2D eigenvalue weighted by atomic mass is 10.3. The summed E-state index contributed by atoms with van der Waals surface area (Å²) in [4.78, 5) is 4.10. The van der Waals surface area contributed by atoms with Gasteiger partial charge in [0.25, 0.3) is 0 Å². The Balaban J connectivity index is 1.56. The van der Waals surface area contributed by atoms with Gasteiger partial charge in [-0.2, -0.15) is 13.2 Å². The fraction of sp³-hybridized carbons (Fsp3) is 0.769. The zero-order valence-corrected chi connectivity index (χ0v) is 11.2. The van der Waals surface area contributed by atoms with Crippen molar-refractivity contribution in [1.82, 2.24) is 10.3 Å². The Hall–Kier alpha value is -1.08. The molecule has 1 N–H and O–H groups in total. The third-order valence-electron chi connectivity index (χ3n) is 2.94. The van der Waals surface area contributed by atoms with Gasteiger partial charge < -0.3 is 14.5 Å². The van der Waals surface area contributed by atoms with Crippen LogP contribution < -0.4 is 5.32 Å². The minimum Gasteiger partial charge on any atom is -0.446 e. The molecule has 2 rings (SSSR count). The molecule has 0 saturated heterocycles. The predicted molar refractivity (Wildman–Crippen MR) is 66.4 cm³/mol. The Morgan fingerprint density at radius 3 is 2.85 bits per heavy atom. The average molecular weight is 292 g/mol. The minimum absolute atomic E-state index is 0.0165. The first-order valence-electron chi connectivity index (χ1n) is 6.84. The summed E-state index contributed by atoms with van der Waals surface area (Å²) >= 11 is 0. The van der Waals surface area contributed by atoms with Gasteiger partial charge in [0.05, 0.1) is 12.8 Å². The van der Waals surface area contributed by atoms with Gasteiger partial charge in [0.1, 0.15) is 12.4 Å². The van der Waals surface area contributed by atoms with E-state index in [0.717, 1.165) is 19.4 Å². The molecule has 1 aliphatic rings. The summed E-state index contributed by atoms with van der Waals surface area (Å²) in [6.07, 6.45) is 1.80. The number of hydrogen-bond donors (Lipinski definition) is 1. The molecule has 0 radical (unpaired) electrons. The van der Waals surface area contributed by atoms with Crippen molar-refractivity contribution in [3.05, 3.63) is 17.8 Å². The van der Waals surface area contributed by atoms with E-state index in [1.807, 2.05) is 0 Å². The number of aryl methyl sites for hydroxylation is 1. The molecule has 1 aromatic heterocycles. The van der Waals surface area contributed by atoms with E-state index < -0.39 is 12.8 Å². The second-order valence-electron chi connectivity index (χ2n) is 4.97. The number of ether oxygens (including phenoxy) is 1. The van der Waals surface area contributed by atoms with Crippen molar-refractivity contribution in [2.75, 3.05) is 19.8 Å². The number of alkyl halides is 3. The highest BCUT2D eigenvalue weighted by molar-refractivity contribution is 4.94. The van der Waals surface area contributed by atoms with Gasteiger partial charge >= 0.3 is 6.18 Å². The molecular formula is C13H19F3N2O2. The van der Waals surface area contributed by atoms with E-state index in [9.17, 15) is 13.2 Å². The van der Waals surface area contributed by atoms with Crippen molar-refractivity contribution >= 4 is 0 Å². The zero-order chi connectivity index (χ0) is 14.4. The lowest BCUT2D eigenvalue weighted by Crippen LogP contribution is -2.18. The van der Waals surface area contributed by atoms with Gasteiger partial charge in [0, 0.05) is 18.9 Å². The molecular weight excluding hydrogens is 273 g/mol. The molecule has 114 valence electrons. The fourth-order valence-electron chi connectivity index (χ4n) is 1.77. The molecule has 0 aromatic carbocycles. The van der Waals surface area contributed by atoms with Crippen LogP contribution >= 0.6 is 0 Å². The highest BCUT2D eigenvalue weighted by Crippen LogP contribution is 2.18. The van der Waals surface area contributed by atoms with Crippen LogP contribution in [0.1, 0.15) is 30.9 Å². The lowest BCUT2D eigenvalue weighted by molar-refractivity contribution is -0.173. The van der Waals surface area contributed by atoms with E-state index in [1.165, 1.54) is 12.8 Å². The summed E-state index contributed by atoms with van der Waals surface area (Å²) in [5.74, 6) is 1.20. The molecule has 7 heteroatoms. The van der Waals surface area contributed by atoms with Crippen LogP contribution in [0.2, 0.25) is 0 Å². The highest BCUT2D eigenvalue weighted by atomic mass is 19.4. The number of nitrogens with zero attached hydrogens (tertiary/aromatic N) is 1. The molecule has 0 unspecified atom stereocenters. The Morgan fingerprint density at radius 1 is 1.35 bits per heavy atom. The maximum absolute atomic E-state index is 11.9. The van der Waals surface area contributed by atoms with E-state index >= 15 is 0 Å². The van der Waals surface area contributed by atoms with Crippen LogP contribution in [0, 0.1) is 0 Å². The Labute approximate surface area is 115 Å². The topological polar surface area (TPSA) is 47.3 Å². The molecule has 1 saturated carbocycles. The number of halogens is 3. The third-order valence-corrected chi connectivity index (χ3v) is 2.94. The SMILES string of the molecule is FC(F)(F)COCCc1cnc(CCCNC2CC2)o1. The summed E-state index contributed by atoms with van der Waals surface area (Å²) in [5, 5.41) is 3.39. The van der Waals surface area contributed by atoms with Gasteiger partial charge in [-0.1, -0.05) is 0 Å².